The number of esters is 4. The minimum atomic E-state index is -0.896. The van der Waals surface area contributed by atoms with Gasteiger partial charge in [-0.25, -0.2) is 19.2 Å². The Morgan fingerprint density at radius 3 is 1.06 bits per heavy atom. The Labute approximate surface area is 289 Å². The van der Waals surface area contributed by atoms with E-state index in [0.717, 1.165) is 12.2 Å². The van der Waals surface area contributed by atoms with E-state index in [-0.39, 0.29) is 49.4 Å². The monoisotopic (exact) mass is 696 g/mol. The molecule has 1 aliphatic carbocycles. The Morgan fingerprint density at radius 1 is 0.480 bits per heavy atom. The Balaban J connectivity index is 1.30. The van der Waals surface area contributed by atoms with Crippen LogP contribution in [-0.4, -0.2) is 62.6 Å². The predicted molar refractivity (Wildman–Crippen MR) is 174 cm³/mol. The molecular weight excluding hydrogens is 656 g/mol. The summed E-state index contributed by atoms with van der Waals surface area (Å²) in [5.41, 5.74) is 0. The molecule has 0 amide bonds. The topological polar surface area (TPSA) is 176 Å². The van der Waals surface area contributed by atoms with Crippen molar-refractivity contribution in [3.05, 3.63) is 73.8 Å². The Hall–Kier alpha value is -5.66. The third kappa shape index (κ3) is 14.6. The zero-order chi connectivity index (χ0) is 36.1. The average molecular weight is 697 g/mol. The van der Waals surface area contributed by atoms with E-state index in [1.54, 1.807) is 0 Å². The molecule has 14 heteroatoms. The van der Waals surface area contributed by atoms with Crippen LogP contribution in [0.15, 0.2) is 73.8 Å². The van der Waals surface area contributed by atoms with Crippen molar-refractivity contribution in [2.45, 2.75) is 51.4 Å². The number of ether oxygens (including phenoxy) is 8. The summed E-state index contributed by atoms with van der Waals surface area (Å²) in [5, 5.41) is 0. The Morgan fingerprint density at radius 2 is 0.760 bits per heavy atom. The lowest BCUT2D eigenvalue weighted by Crippen LogP contribution is -2.30. The molecule has 1 fully saturated rings. The highest BCUT2D eigenvalue weighted by atomic mass is 16.7. The second-order valence-electron chi connectivity index (χ2n) is 10.9. The summed E-state index contributed by atoms with van der Waals surface area (Å²) in [6, 6.07) is 11.8. The maximum absolute atomic E-state index is 12.7. The fourth-order valence-electron chi connectivity index (χ4n) is 4.55. The fourth-order valence-corrected chi connectivity index (χ4v) is 4.55. The first-order valence-corrected chi connectivity index (χ1v) is 16.1. The van der Waals surface area contributed by atoms with Crippen molar-refractivity contribution in [3.8, 4) is 23.0 Å². The lowest BCUT2D eigenvalue weighted by molar-refractivity contribution is -0.145. The first kappa shape index (κ1) is 38.8. The highest BCUT2D eigenvalue weighted by Crippen LogP contribution is 2.32. The van der Waals surface area contributed by atoms with Gasteiger partial charge in [0.25, 0.3) is 0 Å². The van der Waals surface area contributed by atoms with E-state index in [9.17, 15) is 28.8 Å². The number of carbonyl (C=O) groups excluding carboxylic acids is 6. The average Bonchev–Trinajstić information content (AvgIpc) is 3.12. The first-order chi connectivity index (χ1) is 24.2. The van der Waals surface area contributed by atoms with Crippen molar-refractivity contribution in [2.75, 3.05) is 26.4 Å². The summed E-state index contributed by atoms with van der Waals surface area (Å²) in [5.74, 6) is -1.71. The molecule has 0 bridgehead atoms. The predicted octanol–water partition coefficient (Wildman–Crippen LogP) is 6.05. The zero-order valence-electron chi connectivity index (χ0n) is 27.5. The van der Waals surface area contributed by atoms with Gasteiger partial charge in [-0.2, -0.15) is 0 Å². The van der Waals surface area contributed by atoms with Crippen molar-refractivity contribution in [2.24, 2.45) is 11.8 Å². The van der Waals surface area contributed by atoms with Crippen molar-refractivity contribution < 1.29 is 66.7 Å². The van der Waals surface area contributed by atoms with Gasteiger partial charge in [0, 0.05) is 12.2 Å². The smallest absolute Gasteiger partial charge is 0.463 e. The van der Waals surface area contributed by atoms with Crippen LogP contribution in [0.2, 0.25) is 0 Å². The van der Waals surface area contributed by atoms with Gasteiger partial charge in [-0.1, -0.05) is 13.2 Å². The molecule has 0 aromatic heterocycles. The molecule has 2 aromatic rings. The van der Waals surface area contributed by atoms with Gasteiger partial charge in [0.15, 0.2) is 0 Å². The van der Waals surface area contributed by atoms with Crippen LogP contribution in [0.4, 0.5) is 9.59 Å². The highest BCUT2D eigenvalue weighted by molar-refractivity contribution is 5.81. The van der Waals surface area contributed by atoms with Crippen molar-refractivity contribution in [3.63, 3.8) is 0 Å². The molecule has 0 unspecified atom stereocenters. The summed E-state index contributed by atoms with van der Waals surface area (Å²) < 4.78 is 40.8. The SMILES string of the molecule is C=CC(=O)OCCCCOC(=O)Oc1ccc(OC(=O)[C@H]2CC[C@H](C(=O)Oc3ccc(OC(=O)OCCCCOC(=O)C=C)cc3)CC2)cc1. The molecule has 0 aliphatic heterocycles. The van der Waals surface area contributed by atoms with Crippen LogP contribution in [0.3, 0.4) is 0 Å². The van der Waals surface area contributed by atoms with Crippen LogP contribution in [0.1, 0.15) is 51.4 Å². The number of hydrogen-bond donors (Lipinski definition) is 0. The van der Waals surface area contributed by atoms with Crippen molar-refractivity contribution >= 4 is 36.2 Å². The summed E-state index contributed by atoms with van der Waals surface area (Å²) in [4.78, 5) is 71.2. The van der Waals surface area contributed by atoms with Crippen LogP contribution in [0, 0.1) is 11.8 Å². The van der Waals surface area contributed by atoms with Crippen LogP contribution in [0.5, 0.6) is 23.0 Å². The molecule has 14 nitrogen and oxygen atoms in total. The molecule has 0 heterocycles. The molecule has 50 heavy (non-hydrogen) atoms. The van der Waals surface area contributed by atoms with E-state index in [4.69, 9.17) is 37.9 Å². The number of unbranched alkanes of at least 4 members (excludes halogenated alkanes) is 2. The van der Waals surface area contributed by atoms with Gasteiger partial charge in [-0.3, -0.25) is 9.59 Å². The zero-order valence-corrected chi connectivity index (χ0v) is 27.5. The number of carbonyl (C=O) groups is 6. The molecule has 268 valence electrons. The minimum absolute atomic E-state index is 0.0883. The molecule has 1 saturated carbocycles. The van der Waals surface area contributed by atoms with Crippen LogP contribution in [-0.2, 0) is 38.1 Å². The first-order valence-electron chi connectivity index (χ1n) is 16.1. The molecule has 1 aliphatic rings. The van der Waals surface area contributed by atoms with Gasteiger partial charge in [0.2, 0.25) is 0 Å². The van der Waals surface area contributed by atoms with E-state index < -0.39 is 48.0 Å². The molecule has 3 rings (SSSR count). The van der Waals surface area contributed by atoms with Gasteiger partial charge in [0.1, 0.15) is 23.0 Å². The van der Waals surface area contributed by atoms with Gasteiger partial charge >= 0.3 is 36.2 Å². The third-order valence-corrected chi connectivity index (χ3v) is 7.22. The van der Waals surface area contributed by atoms with E-state index >= 15 is 0 Å². The molecule has 2 aromatic carbocycles. The maximum atomic E-state index is 12.7. The second kappa shape index (κ2) is 21.3. The molecule has 0 radical (unpaired) electrons. The Kier molecular flexibility index (Phi) is 16.6. The van der Waals surface area contributed by atoms with E-state index in [0.29, 0.717) is 51.4 Å². The summed E-state index contributed by atoms with van der Waals surface area (Å²) in [6.45, 7) is 7.16. The van der Waals surface area contributed by atoms with Crippen LogP contribution >= 0.6 is 0 Å². The fraction of sp³-hybridized carbons (Fsp3) is 0.389. The molecule has 0 atom stereocenters. The van der Waals surface area contributed by atoms with E-state index in [2.05, 4.69) is 13.2 Å². The normalized spacial score (nSPS) is 15.0. The number of hydrogen-bond acceptors (Lipinski definition) is 14. The molecule has 0 N–H and O–H groups in total. The Bertz CT molecular complexity index is 1350. The largest absolute Gasteiger partial charge is 0.513 e. The molecule has 0 saturated heterocycles. The van der Waals surface area contributed by atoms with E-state index in [1.165, 1.54) is 48.5 Å². The highest BCUT2D eigenvalue weighted by Gasteiger charge is 2.32. The van der Waals surface area contributed by atoms with Crippen molar-refractivity contribution in [1.82, 2.24) is 0 Å². The van der Waals surface area contributed by atoms with E-state index in [1.807, 2.05) is 0 Å². The molecule has 0 spiro atoms. The van der Waals surface area contributed by atoms with Gasteiger partial charge < -0.3 is 37.9 Å². The summed E-state index contributed by atoms with van der Waals surface area (Å²) in [6.07, 6.45) is 4.09. The second-order valence-corrected chi connectivity index (χ2v) is 10.9. The lowest BCUT2D eigenvalue weighted by Gasteiger charge is -2.25. The number of rotatable bonds is 18. The van der Waals surface area contributed by atoms with Gasteiger partial charge in [-0.05, 0) is 99.9 Å². The molecular formula is C36H40O14. The third-order valence-electron chi connectivity index (χ3n) is 7.22. The number of benzene rings is 2. The van der Waals surface area contributed by atoms with Gasteiger partial charge in [-0.15, -0.1) is 0 Å². The summed E-state index contributed by atoms with van der Waals surface area (Å²) >= 11 is 0. The standard InChI is InChI=1S/C36H40O14/c1-3-31(37)43-21-5-7-23-45-35(41)49-29-17-13-27(14-18-29)47-33(39)25-9-11-26(12-10-25)34(40)48-28-15-19-30(20-16-28)50-36(42)46-24-8-6-22-44-32(38)4-2/h3-4,13-20,25-26H,1-2,5-12,21-24H2/t25-,26-. The lowest BCUT2D eigenvalue weighted by atomic mass is 9.82. The minimum Gasteiger partial charge on any atom is -0.463 e. The maximum Gasteiger partial charge on any atom is 0.513 e. The van der Waals surface area contributed by atoms with Crippen molar-refractivity contribution in [1.29, 1.82) is 0 Å². The summed E-state index contributed by atoms with van der Waals surface area (Å²) in [7, 11) is 0. The van der Waals surface area contributed by atoms with Gasteiger partial charge in [0.05, 0.1) is 38.3 Å². The quantitative estimate of drug-likeness (QED) is 0.0439. The van der Waals surface area contributed by atoms with Crippen LogP contribution in [0.25, 0.3) is 0 Å². The van der Waals surface area contributed by atoms with Crippen LogP contribution < -0.4 is 18.9 Å².